The van der Waals surface area contributed by atoms with Crippen LogP contribution in [0.2, 0.25) is 0 Å². The summed E-state index contributed by atoms with van der Waals surface area (Å²) >= 11 is 0. The molecule has 0 unspecified atom stereocenters. The van der Waals surface area contributed by atoms with Crippen LogP contribution in [0.25, 0.3) is 11.1 Å². The fraction of sp³-hybridized carbons (Fsp3) is 0. The summed E-state index contributed by atoms with van der Waals surface area (Å²) in [5, 5.41) is 10.4. The second kappa shape index (κ2) is 4.95. The summed E-state index contributed by atoms with van der Waals surface area (Å²) in [6.07, 6.45) is 1.61. The van der Waals surface area contributed by atoms with Crippen molar-refractivity contribution in [1.29, 1.82) is 5.26 Å². The van der Waals surface area contributed by atoms with E-state index >= 15 is 0 Å². The first kappa shape index (κ1) is 10.9. The molecule has 17 heavy (non-hydrogen) atoms. The van der Waals surface area contributed by atoms with Gasteiger partial charge in [0.05, 0.1) is 0 Å². The highest BCUT2D eigenvalue weighted by molar-refractivity contribution is 5.95. The molecule has 0 aromatic heterocycles. The van der Waals surface area contributed by atoms with Crippen molar-refractivity contribution in [1.82, 2.24) is 5.32 Å². The largest absolute Gasteiger partial charge is 0.268 e. The standard InChI is InChI=1S/C14H10N2O/c15-10-16-14(17)13-8-6-12(7-9-13)11-4-2-1-3-5-11/h1-9H,(H,16,17). The fourth-order valence-corrected chi connectivity index (χ4v) is 1.57. The lowest BCUT2D eigenvalue weighted by Crippen LogP contribution is -2.16. The molecule has 3 heteroatoms. The van der Waals surface area contributed by atoms with E-state index in [-0.39, 0.29) is 5.91 Å². The third-order valence-electron chi connectivity index (χ3n) is 2.42. The third kappa shape index (κ3) is 2.50. The van der Waals surface area contributed by atoms with E-state index in [0.717, 1.165) is 11.1 Å². The molecular weight excluding hydrogens is 212 g/mol. The van der Waals surface area contributed by atoms with Crippen LogP contribution in [0.3, 0.4) is 0 Å². The van der Waals surface area contributed by atoms with Gasteiger partial charge in [0.1, 0.15) is 0 Å². The number of amides is 1. The number of nitrogens with zero attached hydrogens (tertiary/aromatic N) is 1. The predicted octanol–water partition coefficient (Wildman–Crippen LogP) is 2.56. The number of nitrogens with one attached hydrogen (secondary N) is 1. The van der Waals surface area contributed by atoms with Crippen molar-refractivity contribution in [3.05, 3.63) is 60.2 Å². The van der Waals surface area contributed by atoms with Crippen LogP contribution in [-0.4, -0.2) is 5.91 Å². The highest BCUT2D eigenvalue weighted by Gasteiger charge is 2.04. The number of hydrogen-bond acceptors (Lipinski definition) is 2. The molecule has 0 fully saturated rings. The molecule has 0 bridgehead atoms. The van der Waals surface area contributed by atoms with E-state index in [4.69, 9.17) is 5.26 Å². The van der Waals surface area contributed by atoms with Gasteiger partial charge in [-0.25, -0.2) is 0 Å². The average Bonchev–Trinajstić information content (AvgIpc) is 2.40. The first-order chi connectivity index (χ1) is 8.31. The van der Waals surface area contributed by atoms with E-state index in [0.29, 0.717) is 5.56 Å². The van der Waals surface area contributed by atoms with Gasteiger partial charge in [0, 0.05) is 5.56 Å². The second-order valence-electron chi connectivity index (χ2n) is 3.51. The smallest absolute Gasteiger partial charge is 0.264 e. The Hall–Kier alpha value is -2.60. The quantitative estimate of drug-likeness (QED) is 0.627. The van der Waals surface area contributed by atoms with Gasteiger partial charge in [-0.3, -0.25) is 10.1 Å². The fourth-order valence-electron chi connectivity index (χ4n) is 1.57. The van der Waals surface area contributed by atoms with Crippen molar-refractivity contribution in [2.45, 2.75) is 0 Å². The van der Waals surface area contributed by atoms with Gasteiger partial charge >= 0.3 is 0 Å². The number of hydrogen-bond donors (Lipinski definition) is 1. The first-order valence-electron chi connectivity index (χ1n) is 5.16. The maximum Gasteiger partial charge on any atom is 0.264 e. The molecular formula is C14H10N2O. The van der Waals surface area contributed by atoms with Gasteiger partial charge in [0.15, 0.2) is 6.19 Å². The highest BCUT2D eigenvalue weighted by atomic mass is 16.1. The number of nitriles is 1. The Balaban J connectivity index is 2.25. The van der Waals surface area contributed by atoms with Crippen LogP contribution in [0.5, 0.6) is 0 Å². The summed E-state index contributed by atoms with van der Waals surface area (Å²) in [4.78, 5) is 11.4. The molecule has 0 aliphatic rings. The van der Waals surface area contributed by atoms with Crippen LogP contribution < -0.4 is 5.32 Å². The first-order valence-corrected chi connectivity index (χ1v) is 5.16. The normalized spacial score (nSPS) is 9.35. The SMILES string of the molecule is N#CNC(=O)c1ccc(-c2ccccc2)cc1. The van der Waals surface area contributed by atoms with Gasteiger partial charge in [-0.05, 0) is 23.3 Å². The number of carbonyl (C=O) groups is 1. The lowest BCUT2D eigenvalue weighted by atomic mass is 10.0. The third-order valence-corrected chi connectivity index (χ3v) is 2.42. The molecule has 0 aliphatic carbocycles. The zero-order valence-corrected chi connectivity index (χ0v) is 9.05. The topological polar surface area (TPSA) is 52.9 Å². The van der Waals surface area contributed by atoms with Crippen LogP contribution in [0.1, 0.15) is 10.4 Å². The average molecular weight is 222 g/mol. The summed E-state index contributed by atoms with van der Waals surface area (Å²) < 4.78 is 0. The zero-order valence-electron chi connectivity index (χ0n) is 9.05. The van der Waals surface area contributed by atoms with Crippen LogP contribution in [0.4, 0.5) is 0 Å². The number of benzene rings is 2. The van der Waals surface area contributed by atoms with Crippen LogP contribution in [0.15, 0.2) is 54.6 Å². The van der Waals surface area contributed by atoms with Gasteiger partial charge in [0.2, 0.25) is 0 Å². The minimum Gasteiger partial charge on any atom is -0.268 e. The Kier molecular flexibility index (Phi) is 3.18. The van der Waals surface area contributed by atoms with E-state index in [1.807, 2.05) is 42.5 Å². The van der Waals surface area contributed by atoms with E-state index in [2.05, 4.69) is 5.32 Å². The molecule has 1 N–H and O–H groups in total. The molecule has 0 atom stereocenters. The molecule has 0 saturated heterocycles. The number of carbonyl (C=O) groups excluding carboxylic acids is 1. The highest BCUT2D eigenvalue weighted by Crippen LogP contribution is 2.19. The molecule has 2 rings (SSSR count). The van der Waals surface area contributed by atoms with Gasteiger partial charge in [0.25, 0.3) is 5.91 Å². The van der Waals surface area contributed by atoms with Crippen LogP contribution >= 0.6 is 0 Å². The summed E-state index contributed by atoms with van der Waals surface area (Å²) in [7, 11) is 0. The molecule has 0 saturated carbocycles. The van der Waals surface area contributed by atoms with Crippen molar-refractivity contribution in [3.8, 4) is 17.3 Å². The summed E-state index contributed by atoms with van der Waals surface area (Å²) in [5.74, 6) is -0.382. The number of rotatable bonds is 2. The molecule has 3 nitrogen and oxygen atoms in total. The van der Waals surface area contributed by atoms with E-state index in [1.54, 1.807) is 18.3 Å². The molecule has 0 heterocycles. The Bertz CT molecular complexity index is 553. The van der Waals surface area contributed by atoms with Crippen molar-refractivity contribution >= 4 is 5.91 Å². The monoisotopic (exact) mass is 222 g/mol. The second-order valence-corrected chi connectivity index (χ2v) is 3.51. The van der Waals surface area contributed by atoms with Crippen molar-refractivity contribution in [3.63, 3.8) is 0 Å². The Morgan fingerprint density at radius 1 is 0.941 bits per heavy atom. The molecule has 0 spiro atoms. The summed E-state index contributed by atoms with van der Waals surface area (Å²) in [6.45, 7) is 0. The maximum absolute atomic E-state index is 11.4. The zero-order chi connectivity index (χ0) is 12.1. The van der Waals surface area contributed by atoms with Crippen molar-refractivity contribution in [2.75, 3.05) is 0 Å². The summed E-state index contributed by atoms with van der Waals surface area (Å²) in [5.41, 5.74) is 2.62. The van der Waals surface area contributed by atoms with E-state index in [1.165, 1.54) is 0 Å². The molecule has 2 aromatic carbocycles. The Morgan fingerprint density at radius 2 is 1.53 bits per heavy atom. The lowest BCUT2D eigenvalue weighted by Gasteiger charge is -2.02. The van der Waals surface area contributed by atoms with Gasteiger partial charge < -0.3 is 0 Å². The molecule has 82 valence electrons. The molecule has 2 aromatic rings. The van der Waals surface area contributed by atoms with Crippen molar-refractivity contribution < 1.29 is 4.79 Å². The van der Waals surface area contributed by atoms with Crippen LogP contribution in [0, 0.1) is 11.5 Å². The molecule has 0 aliphatic heterocycles. The predicted molar refractivity (Wildman–Crippen MR) is 65.0 cm³/mol. The minimum absolute atomic E-state index is 0.382. The Morgan fingerprint density at radius 3 is 2.12 bits per heavy atom. The van der Waals surface area contributed by atoms with Gasteiger partial charge in [-0.15, -0.1) is 0 Å². The minimum atomic E-state index is -0.382. The maximum atomic E-state index is 11.4. The molecule has 1 amide bonds. The van der Waals surface area contributed by atoms with Crippen molar-refractivity contribution in [2.24, 2.45) is 0 Å². The lowest BCUT2D eigenvalue weighted by molar-refractivity contribution is 0.0973. The van der Waals surface area contributed by atoms with E-state index < -0.39 is 0 Å². The Labute approximate surface area is 99.3 Å². The van der Waals surface area contributed by atoms with E-state index in [9.17, 15) is 4.79 Å². The van der Waals surface area contributed by atoms with Gasteiger partial charge in [-0.1, -0.05) is 42.5 Å². The van der Waals surface area contributed by atoms with Crippen LogP contribution in [-0.2, 0) is 0 Å². The van der Waals surface area contributed by atoms with Gasteiger partial charge in [-0.2, -0.15) is 5.26 Å². The summed E-state index contributed by atoms with van der Waals surface area (Å²) in [6, 6.07) is 17.0. The molecule has 0 radical (unpaired) electrons.